The first-order chi connectivity index (χ1) is 16.2. The van der Waals surface area contributed by atoms with Gasteiger partial charge >= 0.3 is 5.55 Å². The molecule has 1 heterocycles. The van der Waals surface area contributed by atoms with Gasteiger partial charge in [-0.1, -0.05) is 38.8 Å². The zero-order chi connectivity index (χ0) is 25.0. The van der Waals surface area contributed by atoms with Crippen LogP contribution in [0.2, 0.25) is 0 Å². The van der Waals surface area contributed by atoms with E-state index in [1.54, 1.807) is 0 Å². The summed E-state index contributed by atoms with van der Waals surface area (Å²) in [5.41, 5.74) is 3.41. The third kappa shape index (κ3) is 10.4. The lowest BCUT2D eigenvalue weighted by molar-refractivity contribution is -2.00. The Morgan fingerprint density at radius 2 is 1.15 bits per heavy atom. The second kappa shape index (κ2) is 13.7. The molecule has 0 bridgehead atoms. The van der Waals surface area contributed by atoms with E-state index in [-0.39, 0.29) is 0 Å². The second-order valence-corrected chi connectivity index (χ2v) is 8.20. The van der Waals surface area contributed by atoms with E-state index in [2.05, 4.69) is 13.8 Å². The molecule has 9 heteroatoms. The number of hydrogen-bond donors (Lipinski definition) is 1. The zero-order valence-electron chi connectivity index (χ0n) is 19.3. The van der Waals surface area contributed by atoms with Crippen molar-refractivity contribution in [1.29, 1.82) is 0 Å². The molecule has 8 nitrogen and oxygen atoms in total. The van der Waals surface area contributed by atoms with Gasteiger partial charge in [0, 0.05) is 5.56 Å². The Bertz CT molecular complexity index is 964. The van der Waals surface area contributed by atoms with Crippen LogP contribution in [0.3, 0.4) is 0 Å². The maximum absolute atomic E-state index is 8.49. The van der Waals surface area contributed by atoms with Gasteiger partial charge in [0.1, 0.15) is 17.3 Å². The number of halogens is 1. The number of benzene rings is 2. The number of hydrogen-bond acceptors (Lipinski definition) is 7. The van der Waals surface area contributed by atoms with Gasteiger partial charge in [-0.3, -0.25) is 0 Å². The molecule has 3 aromatic rings. The minimum atomic E-state index is -4.94. The molecular formula is C25H30ClNO7. The maximum atomic E-state index is 8.49. The molecule has 0 saturated carbocycles. The standard InChI is InChI=1S/C25H29NO3.ClHO4/c1-3-5-15-27-22-11-7-19(8-12-22)21-17-24(29-25(26)18-21)20-9-13-23(14-10-20)28-16-6-4-2;2-1(3,4)5/h7-14,17-18,26H,3-6,15-16H2,1-2H3;(H,2,3,4,5). The fourth-order valence-electron chi connectivity index (χ4n) is 2.96. The summed E-state index contributed by atoms with van der Waals surface area (Å²) in [7, 11) is -4.94. The van der Waals surface area contributed by atoms with E-state index in [0.717, 1.165) is 72.8 Å². The molecule has 0 spiro atoms. The number of rotatable bonds is 10. The van der Waals surface area contributed by atoms with E-state index >= 15 is 0 Å². The van der Waals surface area contributed by atoms with Gasteiger partial charge in [0.05, 0.1) is 19.3 Å². The minimum absolute atomic E-state index is 0.379. The number of ether oxygens (including phenoxy) is 2. The van der Waals surface area contributed by atoms with Gasteiger partial charge in [0.25, 0.3) is 0 Å². The first-order valence-electron chi connectivity index (χ1n) is 11.0. The molecule has 0 saturated heterocycles. The van der Waals surface area contributed by atoms with Crippen LogP contribution in [0.25, 0.3) is 22.5 Å². The quantitative estimate of drug-likeness (QED) is 0.388. The lowest BCUT2D eigenvalue weighted by Crippen LogP contribution is -2.68. The van der Waals surface area contributed by atoms with Crippen molar-refractivity contribution in [2.75, 3.05) is 13.2 Å². The lowest BCUT2D eigenvalue weighted by Gasteiger charge is -2.17. The Kier molecular flexibility index (Phi) is 11.1. The molecule has 0 unspecified atom stereocenters. The molecule has 0 aliphatic carbocycles. The van der Waals surface area contributed by atoms with Crippen molar-refractivity contribution in [3.63, 3.8) is 0 Å². The van der Waals surface area contributed by atoms with Gasteiger partial charge in [0.15, 0.2) is 0 Å². The fraction of sp³-hybridized carbons (Fsp3) is 0.320. The van der Waals surface area contributed by atoms with E-state index in [1.165, 1.54) is 0 Å². The average molecular weight is 492 g/mol. The predicted octanol–water partition coefficient (Wildman–Crippen LogP) is -0.125. The average Bonchev–Trinajstić information content (AvgIpc) is 2.79. The molecule has 2 N–H and O–H groups in total. The van der Waals surface area contributed by atoms with Gasteiger partial charge in [0.2, 0.25) is 0 Å². The molecule has 0 aliphatic heterocycles. The molecule has 0 aliphatic rings. The summed E-state index contributed by atoms with van der Waals surface area (Å²) < 4.78 is 51.2. The van der Waals surface area contributed by atoms with Crippen LogP contribution in [-0.2, 0) is 0 Å². The van der Waals surface area contributed by atoms with Crippen molar-refractivity contribution in [3.8, 4) is 33.9 Å². The Morgan fingerprint density at radius 3 is 1.59 bits per heavy atom. The minimum Gasteiger partial charge on any atom is -0.494 e. The lowest BCUT2D eigenvalue weighted by atomic mass is 10.0. The predicted molar refractivity (Wildman–Crippen MR) is 115 cm³/mol. The SMILES string of the molecule is CCCCOc1ccc(-c2cc(-c3ccc(OCCCC)cc3)oc(=[NH2+])c2)cc1.[O-][Cl+3]([O-])([O-])[O-]. The van der Waals surface area contributed by atoms with Crippen LogP contribution in [-0.4, -0.2) is 13.2 Å². The smallest absolute Gasteiger partial charge is 0.365 e. The highest BCUT2D eigenvalue weighted by Crippen LogP contribution is 2.27. The normalized spacial score (nSPS) is 10.9. The molecule has 0 amide bonds. The highest BCUT2D eigenvalue weighted by molar-refractivity contribution is 5.69. The van der Waals surface area contributed by atoms with Crippen LogP contribution in [0.4, 0.5) is 0 Å². The van der Waals surface area contributed by atoms with E-state index in [0.29, 0.717) is 5.55 Å². The van der Waals surface area contributed by atoms with E-state index < -0.39 is 10.2 Å². The first kappa shape index (κ1) is 27.4. The van der Waals surface area contributed by atoms with Crippen molar-refractivity contribution in [2.45, 2.75) is 39.5 Å². The molecule has 0 fully saturated rings. The summed E-state index contributed by atoms with van der Waals surface area (Å²) in [6.07, 6.45) is 4.36. The summed E-state index contributed by atoms with van der Waals surface area (Å²) in [5.74, 6) is 2.48. The van der Waals surface area contributed by atoms with E-state index in [1.807, 2.05) is 60.7 Å². The van der Waals surface area contributed by atoms with E-state index in [9.17, 15) is 0 Å². The van der Waals surface area contributed by atoms with Crippen LogP contribution in [0, 0.1) is 10.2 Å². The molecule has 1 aromatic heterocycles. The molecule has 34 heavy (non-hydrogen) atoms. The third-order valence-electron chi connectivity index (χ3n) is 4.67. The van der Waals surface area contributed by atoms with Crippen LogP contribution in [0.1, 0.15) is 39.5 Å². The largest absolute Gasteiger partial charge is 0.494 e. The summed E-state index contributed by atoms with van der Waals surface area (Å²) in [6, 6.07) is 19.9. The van der Waals surface area contributed by atoms with Crippen LogP contribution >= 0.6 is 0 Å². The van der Waals surface area contributed by atoms with Crippen LogP contribution in [0.5, 0.6) is 11.5 Å². The second-order valence-electron chi connectivity index (χ2n) is 7.44. The Balaban J connectivity index is 0.000000739. The topological polar surface area (TPSA) is 149 Å². The summed E-state index contributed by atoms with van der Waals surface area (Å²) in [5, 5.41) is 6.04. The summed E-state index contributed by atoms with van der Waals surface area (Å²) in [4.78, 5) is 0. The number of unbranched alkanes of at least 4 members (excludes halogenated alkanes) is 2. The molecule has 0 radical (unpaired) electrons. The zero-order valence-corrected chi connectivity index (χ0v) is 20.1. The highest BCUT2D eigenvalue weighted by Gasteiger charge is 2.08. The number of nitrogens with two attached hydrogens (primary N) is 1. The van der Waals surface area contributed by atoms with E-state index in [4.69, 9.17) is 37.9 Å². The third-order valence-corrected chi connectivity index (χ3v) is 4.67. The highest BCUT2D eigenvalue weighted by atomic mass is 35.7. The summed E-state index contributed by atoms with van der Waals surface area (Å²) >= 11 is 0. The molecule has 2 aromatic carbocycles. The first-order valence-corrected chi connectivity index (χ1v) is 12.2. The maximum Gasteiger partial charge on any atom is 0.365 e. The van der Waals surface area contributed by atoms with Crippen LogP contribution < -0.4 is 39.1 Å². The Hall–Kier alpha value is -2.88. The van der Waals surface area contributed by atoms with Gasteiger partial charge in [-0.2, -0.15) is 0 Å². The van der Waals surface area contributed by atoms with Gasteiger partial charge in [-0.05, 0) is 66.4 Å². The molecule has 184 valence electrons. The van der Waals surface area contributed by atoms with Crippen LogP contribution in [0.15, 0.2) is 65.1 Å². The van der Waals surface area contributed by atoms with Crippen molar-refractivity contribution in [2.24, 2.45) is 0 Å². The van der Waals surface area contributed by atoms with Crippen molar-refractivity contribution in [3.05, 3.63) is 66.2 Å². The van der Waals surface area contributed by atoms with Gasteiger partial charge in [-0.25, -0.2) is 24.0 Å². The summed E-state index contributed by atoms with van der Waals surface area (Å²) in [6.45, 7) is 5.79. The Morgan fingerprint density at radius 1 is 0.706 bits per heavy atom. The molecular weight excluding hydrogens is 462 g/mol. The molecule has 3 rings (SSSR count). The van der Waals surface area contributed by atoms with Gasteiger partial charge in [-0.15, -0.1) is 10.2 Å². The van der Waals surface area contributed by atoms with Crippen molar-refractivity contribution >= 4 is 0 Å². The fourth-order valence-corrected chi connectivity index (χ4v) is 2.96. The van der Waals surface area contributed by atoms with Crippen molar-refractivity contribution < 1.29 is 48.2 Å². The monoisotopic (exact) mass is 491 g/mol. The Labute approximate surface area is 201 Å². The van der Waals surface area contributed by atoms with Crippen molar-refractivity contribution in [1.82, 2.24) is 0 Å². The van der Waals surface area contributed by atoms with Gasteiger partial charge < -0.3 is 13.9 Å². The molecule has 0 atom stereocenters.